The van der Waals surface area contributed by atoms with E-state index in [9.17, 15) is 9.13 Å². The lowest BCUT2D eigenvalue weighted by molar-refractivity contribution is 0.0562. The lowest BCUT2D eigenvalue weighted by Gasteiger charge is -2.25. The molecular weight excluding hydrogens is 434 g/mol. The van der Waals surface area contributed by atoms with Gasteiger partial charge in [0.2, 0.25) is 0 Å². The maximum absolute atomic E-state index is 10.9. The molecule has 0 aliphatic heterocycles. The van der Waals surface area contributed by atoms with E-state index in [1.165, 1.54) is 0 Å². The van der Waals surface area contributed by atoms with Crippen molar-refractivity contribution in [2.24, 2.45) is 0 Å². The predicted octanol–water partition coefficient (Wildman–Crippen LogP) is 4.18. The van der Waals surface area contributed by atoms with Crippen LogP contribution in [0.5, 0.6) is 0 Å². The fraction of sp³-hybridized carbons (Fsp3) is 1.00. The fourth-order valence-electron chi connectivity index (χ4n) is 2.40. The fourth-order valence-corrected chi connectivity index (χ4v) is 5.86. The van der Waals surface area contributed by atoms with Gasteiger partial charge in [-0.2, -0.15) is 23.5 Å². The topological polar surface area (TPSA) is 134 Å². The third-order valence-electron chi connectivity index (χ3n) is 3.44. The Kier molecular flexibility index (Phi) is 13.0. The second kappa shape index (κ2) is 12.6. The zero-order chi connectivity index (χ0) is 21.2. The van der Waals surface area contributed by atoms with E-state index in [0.717, 1.165) is 42.3 Å². The molecule has 0 spiro atoms. The van der Waals surface area contributed by atoms with E-state index in [4.69, 9.17) is 28.6 Å². The van der Waals surface area contributed by atoms with Crippen LogP contribution in [0.3, 0.4) is 0 Å². The largest absolute Gasteiger partial charge is 0.470 e. The molecule has 0 radical (unpaired) electrons. The summed E-state index contributed by atoms with van der Waals surface area (Å²) in [6.45, 7) is 6.72. The van der Waals surface area contributed by atoms with E-state index < -0.39 is 26.8 Å². The highest BCUT2D eigenvalue weighted by Gasteiger charge is 2.29. The Labute approximate surface area is 171 Å². The van der Waals surface area contributed by atoms with Gasteiger partial charge in [0, 0.05) is 0 Å². The molecule has 0 rings (SSSR count). The number of hydrogen-bond acceptors (Lipinski definition) is 6. The molecular formula is C15H34O8P2S2. The molecule has 12 heteroatoms. The molecule has 0 atom stereocenters. The third kappa shape index (κ3) is 20.0. The minimum atomic E-state index is -4.44. The zero-order valence-corrected chi connectivity index (χ0v) is 19.9. The standard InChI is InChI=1S/C15H34O8P2S2/c1-14(2,22-24(16,17)18)8-5-10-26-12-7-13-27-11-6-9-15(3,4)23-25(19,20)21/h5-13H2,1-4H3,(H2,16,17,18)(H2,19,20,21). The molecule has 27 heavy (non-hydrogen) atoms. The summed E-state index contributed by atoms with van der Waals surface area (Å²) in [7, 11) is -8.89. The van der Waals surface area contributed by atoms with Crippen LogP contribution in [-0.2, 0) is 18.2 Å². The summed E-state index contributed by atoms with van der Waals surface area (Å²) in [6, 6.07) is 0. The summed E-state index contributed by atoms with van der Waals surface area (Å²) in [6.07, 6.45) is 3.91. The number of phosphoric acid groups is 2. The molecule has 0 fully saturated rings. The molecule has 0 aromatic rings. The quantitative estimate of drug-likeness (QED) is 0.193. The van der Waals surface area contributed by atoms with Gasteiger partial charge in [-0.15, -0.1) is 0 Å². The lowest BCUT2D eigenvalue weighted by atomic mass is 10.0. The van der Waals surface area contributed by atoms with Crippen LogP contribution in [0.15, 0.2) is 0 Å². The number of rotatable bonds is 16. The molecule has 0 bridgehead atoms. The second-order valence-corrected chi connectivity index (χ2v) is 12.2. The molecule has 0 aromatic heterocycles. The highest BCUT2D eigenvalue weighted by molar-refractivity contribution is 8.00. The zero-order valence-electron chi connectivity index (χ0n) is 16.5. The summed E-state index contributed by atoms with van der Waals surface area (Å²) < 4.78 is 31.3. The van der Waals surface area contributed by atoms with Crippen LogP contribution in [0, 0.1) is 0 Å². The first-order chi connectivity index (χ1) is 12.1. The summed E-state index contributed by atoms with van der Waals surface area (Å²) in [5, 5.41) is 0. The first kappa shape index (κ1) is 27.9. The molecule has 0 saturated heterocycles. The van der Waals surface area contributed by atoms with Gasteiger partial charge in [-0.3, -0.25) is 9.05 Å². The first-order valence-corrected chi connectivity index (χ1v) is 14.2. The van der Waals surface area contributed by atoms with Gasteiger partial charge in [-0.25, -0.2) is 9.13 Å². The Bertz CT molecular complexity index is 460. The van der Waals surface area contributed by atoms with E-state index in [-0.39, 0.29) is 0 Å². The van der Waals surface area contributed by atoms with Gasteiger partial charge in [0.25, 0.3) is 0 Å². The Morgan fingerprint density at radius 2 is 0.963 bits per heavy atom. The van der Waals surface area contributed by atoms with Crippen molar-refractivity contribution in [2.75, 3.05) is 23.0 Å². The van der Waals surface area contributed by atoms with E-state index in [0.29, 0.717) is 12.8 Å². The summed E-state index contributed by atoms with van der Waals surface area (Å²) in [5.74, 6) is 3.90. The maximum atomic E-state index is 10.9. The molecule has 8 nitrogen and oxygen atoms in total. The van der Waals surface area contributed by atoms with Crippen LogP contribution >= 0.6 is 39.2 Å². The van der Waals surface area contributed by atoms with Crippen LogP contribution in [0.25, 0.3) is 0 Å². The van der Waals surface area contributed by atoms with Gasteiger partial charge in [-0.1, -0.05) is 0 Å². The van der Waals surface area contributed by atoms with E-state index in [2.05, 4.69) is 0 Å². The van der Waals surface area contributed by atoms with Crippen LogP contribution < -0.4 is 0 Å². The summed E-state index contributed by atoms with van der Waals surface area (Å²) >= 11 is 3.63. The first-order valence-electron chi connectivity index (χ1n) is 8.80. The lowest BCUT2D eigenvalue weighted by Crippen LogP contribution is -2.23. The summed E-state index contributed by atoms with van der Waals surface area (Å²) in [4.78, 5) is 35.4. The summed E-state index contributed by atoms with van der Waals surface area (Å²) in [5.41, 5.74) is -1.65. The van der Waals surface area contributed by atoms with E-state index >= 15 is 0 Å². The van der Waals surface area contributed by atoms with Crippen LogP contribution in [0.2, 0.25) is 0 Å². The van der Waals surface area contributed by atoms with Crippen LogP contribution in [-0.4, -0.2) is 53.8 Å². The molecule has 0 amide bonds. The normalized spacial score (nSPS) is 13.9. The van der Waals surface area contributed by atoms with E-state index in [1.54, 1.807) is 27.7 Å². The Balaban J connectivity index is 3.58. The van der Waals surface area contributed by atoms with Crippen molar-refractivity contribution in [1.82, 2.24) is 0 Å². The third-order valence-corrected chi connectivity index (χ3v) is 7.22. The minimum Gasteiger partial charge on any atom is -0.303 e. The monoisotopic (exact) mass is 468 g/mol. The highest BCUT2D eigenvalue weighted by atomic mass is 32.2. The second-order valence-electron chi connectivity index (χ2n) is 7.47. The highest BCUT2D eigenvalue weighted by Crippen LogP contribution is 2.43. The predicted molar refractivity (Wildman–Crippen MR) is 112 cm³/mol. The number of hydrogen-bond donors (Lipinski definition) is 4. The SMILES string of the molecule is CC(C)(CCCSCCCSCCCC(C)(C)OP(=O)(O)O)OP(=O)(O)O. The maximum Gasteiger partial charge on any atom is 0.470 e. The molecule has 0 aliphatic carbocycles. The van der Waals surface area contributed by atoms with Crippen molar-refractivity contribution in [2.45, 2.75) is 71.0 Å². The smallest absolute Gasteiger partial charge is 0.303 e. The van der Waals surface area contributed by atoms with Crippen molar-refractivity contribution in [3.63, 3.8) is 0 Å². The molecule has 4 N–H and O–H groups in total. The van der Waals surface area contributed by atoms with Gasteiger partial charge in [0.05, 0.1) is 11.2 Å². The van der Waals surface area contributed by atoms with Crippen LogP contribution in [0.4, 0.5) is 0 Å². The van der Waals surface area contributed by atoms with Gasteiger partial charge in [-0.05, 0) is 82.8 Å². The van der Waals surface area contributed by atoms with Gasteiger partial charge in [0.15, 0.2) is 0 Å². The Morgan fingerprint density at radius 3 is 1.26 bits per heavy atom. The van der Waals surface area contributed by atoms with Crippen molar-refractivity contribution < 1.29 is 37.8 Å². The molecule has 0 aromatic carbocycles. The number of thioether (sulfide) groups is 2. The average molecular weight is 469 g/mol. The van der Waals surface area contributed by atoms with Gasteiger partial charge >= 0.3 is 15.6 Å². The van der Waals surface area contributed by atoms with Crippen molar-refractivity contribution in [1.29, 1.82) is 0 Å². The molecule has 0 aliphatic rings. The molecule has 0 unspecified atom stereocenters. The minimum absolute atomic E-state index is 0.590. The van der Waals surface area contributed by atoms with Gasteiger partial charge < -0.3 is 19.6 Å². The van der Waals surface area contributed by atoms with Crippen molar-refractivity contribution in [3.8, 4) is 0 Å². The molecule has 0 heterocycles. The van der Waals surface area contributed by atoms with E-state index in [1.807, 2.05) is 23.5 Å². The average Bonchev–Trinajstić information content (AvgIpc) is 2.39. The Hall–Kier alpha value is 0.920. The van der Waals surface area contributed by atoms with Crippen LogP contribution in [0.1, 0.15) is 59.8 Å². The number of phosphoric ester groups is 2. The van der Waals surface area contributed by atoms with Crippen molar-refractivity contribution >= 4 is 39.2 Å². The van der Waals surface area contributed by atoms with Gasteiger partial charge in [0.1, 0.15) is 0 Å². The Morgan fingerprint density at radius 1 is 0.667 bits per heavy atom. The van der Waals surface area contributed by atoms with Crippen molar-refractivity contribution in [3.05, 3.63) is 0 Å². The molecule has 0 saturated carbocycles. The molecule has 164 valence electrons.